The van der Waals surface area contributed by atoms with Gasteiger partial charge in [0.15, 0.2) is 0 Å². The highest BCUT2D eigenvalue weighted by atomic mass is 32.2. The standard InChI is InChI=1S/C23H26N2O6S/c1-5-7-16-12-15(10-11-20(16)31-3)19(13-32(4,29)30)25-22(27)17-8-6-9-18(24-14(2)26)21(17)23(25)28/h6,8-12,19H,5,7,13H2,1-4H3,(H,24,26)/t19-/m1/s1. The largest absolute Gasteiger partial charge is 0.496 e. The molecule has 3 amide bonds. The van der Waals surface area contributed by atoms with Gasteiger partial charge >= 0.3 is 0 Å². The lowest BCUT2D eigenvalue weighted by Gasteiger charge is -2.27. The van der Waals surface area contributed by atoms with Crippen LogP contribution < -0.4 is 10.1 Å². The molecule has 32 heavy (non-hydrogen) atoms. The Labute approximate surface area is 187 Å². The highest BCUT2D eigenvalue weighted by Gasteiger charge is 2.43. The molecule has 1 aliphatic heterocycles. The maximum Gasteiger partial charge on any atom is 0.264 e. The third kappa shape index (κ3) is 4.67. The SMILES string of the molecule is CCCc1cc([C@@H](CS(C)(=O)=O)N2C(=O)c3cccc(NC(C)=O)c3C2=O)ccc1OC. The molecular weight excluding hydrogens is 432 g/mol. The fourth-order valence-electron chi connectivity index (χ4n) is 3.96. The topological polar surface area (TPSA) is 110 Å². The predicted molar refractivity (Wildman–Crippen MR) is 121 cm³/mol. The Morgan fingerprint density at radius 3 is 2.47 bits per heavy atom. The molecule has 0 saturated heterocycles. The van der Waals surface area contributed by atoms with Gasteiger partial charge in [-0.2, -0.15) is 0 Å². The van der Waals surface area contributed by atoms with Crippen molar-refractivity contribution in [1.82, 2.24) is 4.90 Å². The van der Waals surface area contributed by atoms with Gasteiger partial charge in [-0.1, -0.05) is 25.5 Å². The van der Waals surface area contributed by atoms with E-state index in [4.69, 9.17) is 4.74 Å². The highest BCUT2D eigenvalue weighted by molar-refractivity contribution is 7.90. The smallest absolute Gasteiger partial charge is 0.264 e. The van der Waals surface area contributed by atoms with Gasteiger partial charge in [-0.15, -0.1) is 0 Å². The number of amides is 3. The van der Waals surface area contributed by atoms with Crippen LogP contribution >= 0.6 is 0 Å². The van der Waals surface area contributed by atoms with Crippen LogP contribution in [-0.2, 0) is 21.1 Å². The molecule has 0 bridgehead atoms. The molecule has 0 aromatic heterocycles. The van der Waals surface area contributed by atoms with E-state index < -0.39 is 33.4 Å². The Morgan fingerprint density at radius 1 is 1.16 bits per heavy atom. The molecule has 0 fully saturated rings. The summed E-state index contributed by atoms with van der Waals surface area (Å²) in [6, 6.07) is 8.75. The summed E-state index contributed by atoms with van der Waals surface area (Å²) >= 11 is 0. The van der Waals surface area contributed by atoms with Crippen molar-refractivity contribution in [1.29, 1.82) is 0 Å². The molecule has 170 valence electrons. The molecule has 2 aromatic carbocycles. The van der Waals surface area contributed by atoms with E-state index in [1.54, 1.807) is 31.4 Å². The molecule has 0 saturated carbocycles. The van der Waals surface area contributed by atoms with Gasteiger partial charge in [0, 0.05) is 13.2 Å². The minimum absolute atomic E-state index is 0.0634. The Hall–Kier alpha value is -3.20. The van der Waals surface area contributed by atoms with Crippen molar-refractivity contribution in [3.8, 4) is 5.75 Å². The van der Waals surface area contributed by atoms with E-state index in [2.05, 4.69) is 5.32 Å². The third-order valence-corrected chi connectivity index (χ3v) is 6.16. The molecule has 1 aliphatic rings. The van der Waals surface area contributed by atoms with E-state index in [0.29, 0.717) is 17.7 Å². The van der Waals surface area contributed by atoms with E-state index in [1.165, 1.54) is 19.1 Å². The summed E-state index contributed by atoms with van der Waals surface area (Å²) in [4.78, 5) is 39.2. The number of nitrogens with one attached hydrogen (secondary N) is 1. The summed E-state index contributed by atoms with van der Waals surface area (Å²) in [6.45, 7) is 3.31. The summed E-state index contributed by atoms with van der Waals surface area (Å²) in [5.74, 6) is -1.39. The molecule has 9 heteroatoms. The van der Waals surface area contributed by atoms with Crippen LogP contribution in [0.5, 0.6) is 5.75 Å². The number of ether oxygens (including phenoxy) is 1. The van der Waals surface area contributed by atoms with Crippen LogP contribution in [0.3, 0.4) is 0 Å². The Kier molecular flexibility index (Phi) is 6.68. The average molecular weight is 459 g/mol. The molecule has 8 nitrogen and oxygen atoms in total. The number of carbonyl (C=O) groups excluding carboxylic acids is 3. The molecule has 0 unspecified atom stereocenters. The van der Waals surface area contributed by atoms with Crippen LogP contribution in [-0.4, -0.2) is 50.2 Å². The number of benzene rings is 2. The van der Waals surface area contributed by atoms with Crippen molar-refractivity contribution < 1.29 is 27.5 Å². The molecule has 0 radical (unpaired) electrons. The Balaban J connectivity index is 2.13. The minimum atomic E-state index is -3.56. The molecular formula is C23H26N2O6S. The molecule has 2 aromatic rings. The first-order valence-electron chi connectivity index (χ1n) is 10.2. The second-order valence-corrected chi connectivity index (χ2v) is 10.0. The zero-order chi connectivity index (χ0) is 23.6. The molecule has 3 rings (SSSR count). The van der Waals surface area contributed by atoms with Gasteiger partial charge in [0.25, 0.3) is 11.8 Å². The third-order valence-electron chi connectivity index (χ3n) is 5.24. The van der Waals surface area contributed by atoms with E-state index in [0.717, 1.165) is 23.1 Å². The fraction of sp³-hybridized carbons (Fsp3) is 0.348. The van der Waals surface area contributed by atoms with Crippen molar-refractivity contribution in [2.24, 2.45) is 0 Å². The number of sulfone groups is 1. The van der Waals surface area contributed by atoms with Gasteiger partial charge in [-0.05, 0) is 41.8 Å². The van der Waals surface area contributed by atoms with Gasteiger partial charge in [0.2, 0.25) is 5.91 Å². The van der Waals surface area contributed by atoms with Crippen LogP contribution in [0.1, 0.15) is 58.2 Å². The van der Waals surface area contributed by atoms with E-state index in [1.807, 2.05) is 6.92 Å². The normalized spacial score (nSPS) is 14.3. The number of methoxy groups -OCH3 is 1. The van der Waals surface area contributed by atoms with Gasteiger partial charge in [0.1, 0.15) is 15.6 Å². The minimum Gasteiger partial charge on any atom is -0.496 e. The van der Waals surface area contributed by atoms with Crippen molar-refractivity contribution >= 4 is 33.2 Å². The van der Waals surface area contributed by atoms with Crippen molar-refractivity contribution in [3.63, 3.8) is 0 Å². The number of anilines is 1. The van der Waals surface area contributed by atoms with Crippen molar-refractivity contribution in [3.05, 3.63) is 58.7 Å². The lowest BCUT2D eigenvalue weighted by Crippen LogP contribution is -2.37. The molecule has 1 heterocycles. The summed E-state index contributed by atoms with van der Waals surface area (Å²) in [5, 5.41) is 2.57. The Bertz CT molecular complexity index is 1190. The van der Waals surface area contributed by atoms with E-state index in [-0.39, 0.29) is 22.7 Å². The van der Waals surface area contributed by atoms with Crippen LogP contribution in [0.15, 0.2) is 36.4 Å². The summed E-state index contributed by atoms with van der Waals surface area (Å²) in [7, 11) is -2.01. The number of hydrogen-bond donors (Lipinski definition) is 1. The van der Waals surface area contributed by atoms with Crippen molar-refractivity contribution in [2.75, 3.05) is 24.4 Å². The first-order chi connectivity index (χ1) is 15.1. The average Bonchev–Trinajstić information content (AvgIpc) is 2.96. The first kappa shape index (κ1) is 23.5. The number of imide groups is 1. The van der Waals surface area contributed by atoms with Gasteiger partial charge in [0.05, 0.1) is 35.7 Å². The lowest BCUT2D eigenvalue weighted by atomic mass is 10.0. The maximum absolute atomic E-state index is 13.4. The maximum atomic E-state index is 13.4. The number of aryl methyl sites for hydroxylation is 1. The quantitative estimate of drug-likeness (QED) is 0.609. The van der Waals surface area contributed by atoms with Crippen molar-refractivity contribution in [2.45, 2.75) is 32.7 Å². The van der Waals surface area contributed by atoms with E-state index >= 15 is 0 Å². The summed E-state index contributed by atoms with van der Waals surface area (Å²) in [6.07, 6.45) is 2.60. The number of hydrogen-bond acceptors (Lipinski definition) is 6. The van der Waals surface area contributed by atoms with Crippen LogP contribution in [0.4, 0.5) is 5.69 Å². The first-order valence-corrected chi connectivity index (χ1v) is 12.3. The molecule has 0 spiro atoms. The van der Waals surface area contributed by atoms with Gasteiger partial charge in [-0.3, -0.25) is 19.3 Å². The molecule has 1 N–H and O–H groups in total. The second kappa shape index (κ2) is 9.12. The second-order valence-electron chi connectivity index (χ2n) is 7.82. The summed E-state index contributed by atoms with van der Waals surface area (Å²) < 4.78 is 29.9. The fourth-order valence-corrected chi connectivity index (χ4v) is 4.87. The van der Waals surface area contributed by atoms with Crippen LogP contribution in [0, 0.1) is 0 Å². The van der Waals surface area contributed by atoms with E-state index in [9.17, 15) is 22.8 Å². The monoisotopic (exact) mass is 458 g/mol. The number of rotatable bonds is 8. The number of nitrogens with zero attached hydrogens (tertiary/aromatic N) is 1. The van der Waals surface area contributed by atoms with Gasteiger partial charge in [-0.25, -0.2) is 8.42 Å². The van der Waals surface area contributed by atoms with Gasteiger partial charge < -0.3 is 10.1 Å². The molecule has 0 aliphatic carbocycles. The molecule has 1 atom stereocenters. The zero-order valence-electron chi connectivity index (χ0n) is 18.5. The predicted octanol–water partition coefficient (Wildman–Crippen LogP) is 2.99. The zero-order valence-corrected chi connectivity index (χ0v) is 19.3. The van der Waals surface area contributed by atoms with Crippen LogP contribution in [0.2, 0.25) is 0 Å². The lowest BCUT2D eigenvalue weighted by molar-refractivity contribution is -0.114. The highest BCUT2D eigenvalue weighted by Crippen LogP contribution is 2.37. The van der Waals surface area contributed by atoms with Crippen LogP contribution in [0.25, 0.3) is 0 Å². The summed E-state index contributed by atoms with van der Waals surface area (Å²) in [5.41, 5.74) is 1.79. The Morgan fingerprint density at radius 2 is 1.88 bits per heavy atom. The number of fused-ring (bicyclic) bond motifs is 1. The number of carbonyl (C=O) groups is 3.